The molecule has 2 aromatic heterocycles. The Morgan fingerprint density at radius 3 is 2.95 bits per heavy atom. The van der Waals surface area contributed by atoms with E-state index < -0.39 is 0 Å². The molecule has 0 aromatic carbocycles. The fourth-order valence-electron chi connectivity index (χ4n) is 1.58. The number of aromatic nitrogens is 3. The summed E-state index contributed by atoms with van der Waals surface area (Å²) in [5, 5.41) is 2.76. The fraction of sp³-hybridized carbons (Fsp3) is 0.231. The maximum Gasteiger partial charge on any atom is 0.234 e. The van der Waals surface area contributed by atoms with Gasteiger partial charge in [-0.15, -0.1) is 0 Å². The van der Waals surface area contributed by atoms with Crippen LogP contribution < -0.4 is 10.1 Å². The van der Waals surface area contributed by atoms with E-state index in [1.165, 1.54) is 13.2 Å². The molecule has 0 atom stereocenters. The summed E-state index contributed by atoms with van der Waals surface area (Å²) in [7, 11) is 1.46. The summed E-state index contributed by atoms with van der Waals surface area (Å²) in [6.45, 7) is 1.90. The Morgan fingerprint density at radius 2 is 2.25 bits per heavy atom. The molecule has 2 aromatic rings. The summed E-state index contributed by atoms with van der Waals surface area (Å²) >= 11 is 5.80. The lowest BCUT2D eigenvalue weighted by Gasteiger charge is -2.07. The Hall–Kier alpha value is -2.21. The van der Waals surface area contributed by atoms with Crippen molar-refractivity contribution in [2.75, 3.05) is 12.4 Å². The first-order valence-electron chi connectivity index (χ1n) is 5.87. The molecular formula is C13H13ClN4O2. The van der Waals surface area contributed by atoms with Crippen molar-refractivity contribution in [1.29, 1.82) is 0 Å². The van der Waals surface area contributed by atoms with Crippen LogP contribution >= 0.6 is 11.6 Å². The van der Waals surface area contributed by atoms with Crippen molar-refractivity contribution in [3.05, 3.63) is 40.8 Å². The Bertz CT molecular complexity index is 634. The number of pyridine rings is 1. The first-order valence-corrected chi connectivity index (χ1v) is 6.25. The summed E-state index contributed by atoms with van der Waals surface area (Å²) in [6.07, 6.45) is 1.79. The predicted octanol–water partition coefficient (Wildman–Crippen LogP) is 2.02. The molecule has 0 aliphatic rings. The quantitative estimate of drug-likeness (QED) is 0.873. The minimum absolute atomic E-state index is 0.105. The molecule has 2 heterocycles. The van der Waals surface area contributed by atoms with Crippen molar-refractivity contribution in [2.24, 2.45) is 0 Å². The zero-order valence-corrected chi connectivity index (χ0v) is 11.8. The zero-order chi connectivity index (χ0) is 14.5. The monoisotopic (exact) mass is 292 g/mol. The second-order valence-electron chi connectivity index (χ2n) is 4.05. The highest BCUT2D eigenvalue weighted by Gasteiger charge is 2.10. The number of nitrogens with zero attached hydrogens (tertiary/aromatic N) is 3. The summed E-state index contributed by atoms with van der Waals surface area (Å²) < 4.78 is 4.96. The number of carbonyl (C=O) groups excluding carboxylic acids is 1. The third kappa shape index (κ3) is 3.64. The van der Waals surface area contributed by atoms with E-state index in [2.05, 4.69) is 20.3 Å². The number of aryl methyl sites for hydroxylation is 1. The number of rotatable bonds is 4. The molecule has 0 aliphatic heterocycles. The van der Waals surface area contributed by atoms with Crippen LogP contribution in [0.15, 0.2) is 24.4 Å². The first-order chi connectivity index (χ1) is 9.58. The third-order valence-electron chi connectivity index (χ3n) is 2.58. The van der Waals surface area contributed by atoms with Crippen molar-refractivity contribution in [2.45, 2.75) is 13.3 Å². The Balaban J connectivity index is 2.08. The molecule has 0 radical (unpaired) electrons. The number of carbonyl (C=O) groups is 1. The van der Waals surface area contributed by atoms with Gasteiger partial charge >= 0.3 is 0 Å². The molecule has 1 N–H and O–H groups in total. The maximum atomic E-state index is 11.9. The summed E-state index contributed by atoms with van der Waals surface area (Å²) in [6, 6.07) is 5.18. The highest BCUT2D eigenvalue weighted by atomic mass is 35.5. The van der Waals surface area contributed by atoms with Gasteiger partial charge < -0.3 is 4.74 Å². The van der Waals surface area contributed by atoms with Gasteiger partial charge in [0.25, 0.3) is 0 Å². The summed E-state index contributed by atoms with van der Waals surface area (Å²) in [5.41, 5.74) is 1.66. The number of halogens is 1. The molecule has 0 saturated heterocycles. The standard InChI is InChI=1S/C13H13ClN4O2/c1-8-4-3-5-15-9(8)6-11(19)17-13-16-10(14)7-12(18-13)20-2/h3-5,7H,6H2,1-2H3,(H,16,17,18,19). The van der Waals surface area contributed by atoms with E-state index >= 15 is 0 Å². The van der Waals surface area contributed by atoms with E-state index in [1.807, 2.05) is 19.1 Å². The van der Waals surface area contributed by atoms with Gasteiger partial charge in [-0.1, -0.05) is 17.7 Å². The minimum Gasteiger partial charge on any atom is -0.481 e. The van der Waals surface area contributed by atoms with Gasteiger partial charge in [-0.05, 0) is 18.6 Å². The lowest BCUT2D eigenvalue weighted by Crippen LogP contribution is -2.17. The van der Waals surface area contributed by atoms with Crippen LogP contribution in [0.5, 0.6) is 5.88 Å². The van der Waals surface area contributed by atoms with E-state index in [1.54, 1.807) is 6.20 Å². The van der Waals surface area contributed by atoms with Crippen molar-refractivity contribution < 1.29 is 9.53 Å². The van der Waals surface area contributed by atoms with Crippen LogP contribution in [-0.4, -0.2) is 28.0 Å². The number of amides is 1. The molecular weight excluding hydrogens is 280 g/mol. The first kappa shape index (κ1) is 14.2. The number of anilines is 1. The highest BCUT2D eigenvalue weighted by molar-refractivity contribution is 6.29. The van der Waals surface area contributed by atoms with E-state index in [9.17, 15) is 4.79 Å². The van der Waals surface area contributed by atoms with Crippen LogP contribution in [0.25, 0.3) is 0 Å². The van der Waals surface area contributed by atoms with Crippen LogP contribution in [0.1, 0.15) is 11.3 Å². The van der Waals surface area contributed by atoms with Crippen molar-refractivity contribution in [3.8, 4) is 5.88 Å². The van der Waals surface area contributed by atoms with Gasteiger partial charge in [0.2, 0.25) is 17.7 Å². The average molecular weight is 293 g/mol. The summed E-state index contributed by atoms with van der Waals surface area (Å²) in [5.74, 6) is 0.123. The Morgan fingerprint density at radius 1 is 1.45 bits per heavy atom. The van der Waals surface area contributed by atoms with Crippen LogP contribution in [0.3, 0.4) is 0 Å². The van der Waals surface area contributed by atoms with Crippen LogP contribution in [-0.2, 0) is 11.2 Å². The lowest BCUT2D eigenvalue weighted by molar-refractivity contribution is -0.115. The molecule has 20 heavy (non-hydrogen) atoms. The molecule has 1 amide bonds. The van der Waals surface area contributed by atoms with Crippen molar-refractivity contribution in [1.82, 2.24) is 15.0 Å². The van der Waals surface area contributed by atoms with Crippen molar-refractivity contribution >= 4 is 23.5 Å². The second-order valence-corrected chi connectivity index (χ2v) is 4.44. The topological polar surface area (TPSA) is 77.0 Å². The minimum atomic E-state index is -0.267. The number of hydrogen-bond donors (Lipinski definition) is 1. The average Bonchev–Trinajstić information content (AvgIpc) is 2.40. The molecule has 0 fully saturated rings. The van der Waals surface area contributed by atoms with E-state index in [4.69, 9.17) is 16.3 Å². The molecule has 0 spiro atoms. The number of methoxy groups -OCH3 is 1. The zero-order valence-electron chi connectivity index (χ0n) is 11.1. The van der Waals surface area contributed by atoms with Gasteiger partial charge in [0.1, 0.15) is 5.15 Å². The molecule has 2 rings (SSSR count). The summed E-state index contributed by atoms with van der Waals surface area (Å²) in [4.78, 5) is 24.0. The van der Waals surface area contributed by atoms with Gasteiger partial charge in [0.05, 0.1) is 19.2 Å². The van der Waals surface area contributed by atoms with E-state index in [0.717, 1.165) is 5.56 Å². The van der Waals surface area contributed by atoms with Crippen LogP contribution in [0.2, 0.25) is 5.15 Å². The fourth-order valence-corrected chi connectivity index (χ4v) is 1.76. The molecule has 7 heteroatoms. The normalized spacial score (nSPS) is 10.2. The second kappa shape index (κ2) is 6.29. The SMILES string of the molecule is COc1cc(Cl)nc(NC(=O)Cc2ncccc2C)n1. The van der Waals surface area contributed by atoms with Gasteiger partial charge in [-0.3, -0.25) is 15.1 Å². The molecule has 0 aliphatic carbocycles. The molecule has 0 saturated carbocycles. The molecule has 104 valence electrons. The van der Waals surface area contributed by atoms with Crippen LogP contribution in [0, 0.1) is 6.92 Å². The molecule has 0 bridgehead atoms. The largest absolute Gasteiger partial charge is 0.481 e. The number of hydrogen-bond acceptors (Lipinski definition) is 5. The third-order valence-corrected chi connectivity index (χ3v) is 2.77. The molecule has 6 nitrogen and oxygen atoms in total. The highest BCUT2D eigenvalue weighted by Crippen LogP contribution is 2.16. The lowest BCUT2D eigenvalue weighted by atomic mass is 10.1. The van der Waals surface area contributed by atoms with E-state index in [-0.39, 0.29) is 29.3 Å². The number of ether oxygens (including phenoxy) is 1. The smallest absolute Gasteiger partial charge is 0.234 e. The van der Waals surface area contributed by atoms with E-state index in [0.29, 0.717) is 5.69 Å². The Labute approximate surface area is 121 Å². The van der Waals surface area contributed by atoms with Gasteiger partial charge in [-0.25, -0.2) is 4.98 Å². The van der Waals surface area contributed by atoms with Crippen molar-refractivity contribution in [3.63, 3.8) is 0 Å². The maximum absolute atomic E-state index is 11.9. The van der Waals surface area contributed by atoms with Gasteiger partial charge in [0, 0.05) is 12.3 Å². The molecule has 0 unspecified atom stereocenters. The predicted molar refractivity (Wildman–Crippen MR) is 74.9 cm³/mol. The van der Waals surface area contributed by atoms with Gasteiger partial charge in [-0.2, -0.15) is 4.98 Å². The Kier molecular flexibility index (Phi) is 4.47. The number of nitrogens with one attached hydrogen (secondary N) is 1. The van der Waals surface area contributed by atoms with Crippen LogP contribution in [0.4, 0.5) is 5.95 Å². The van der Waals surface area contributed by atoms with Gasteiger partial charge in [0.15, 0.2) is 0 Å².